The molecular formula is C12H25N3O2. The van der Waals surface area contributed by atoms with Crippen molar-refractivity contribution in [2.75, 3.05) is 19.7 Å². The van der Waals surface area contributed by atoms with E-state index < -0.39 is 11.4 Å². The fourth-order valence-electron chi connectivity index (χ4n) is 2.23. The number of hydrogen-bond donors (Lipinski definition) is 2. The van der Waals surface area contributed by atoms with Gasteiger partial charge in [-0.25, -0.2) is 0 Å². The first-order chi connectivity index (χ1) is 7.86. The molecule has 1 fully saturated rings. The molecule has 0 spiro atoms. The molecule has 3 unspecified atom stereocenters. The Morgan fingerprint density at radius 3 is 2.82 bits per heavy atom. The molecule has 1 saturated heterocycles. The first-order valence-electron chi connectivity index (χ1n) is 6.31. The maximum Gasteiger partial charge on any atom is 0.237 e. The molecule has 0 aromatic heterocycles. The average molecular weight is 243 g/mol. The van der Waals surface area contributed by atoms with Gasteiger partial charge < -0.3 is 16.2 Å². The second-order valence-corrected chi connectivity index (χ2v) is 5.23. The van der Waals surface area contributed by atoms with E-state index in [1.807, 2.05) is 0 Å². The Bertz CT molecular complexity index is 268. The van der Waals surface area contributed by atoms with Gasteiger partial charge >= 0.3 is 0 Å². The van der Waals surface area contributed by atoms with Crippen molar-refractivity contribution in [3.63, 3.8) is 0 Å². The molecule has 1 rings (SSSR count). The van der Waals surface area contributed by atoms with Crippen LogP contribution in [0.25, 0.3) is 0 Å². The van der Waals surface area contributed by atoms with Gasteiger partial charge in [-0.1, -0.05) is 6.92 Å². The minimum absolute atomic E-state index is 0.246. The van der Waals surface area contributed by atoms with Crippen LogP contribution in [0.1, 0.15) is 33.6 Å². The van der Waals surface area contributed by atoms with Crippen LogP contribution in [0.2, 0.25) is 0 Å². The summed E-state index contributed by atoms with van der Waals surface area (Å²) in [6.07, 6.45) is 1.89. The van der Waals surface area contributed by atoms with Crippen LogP contribution in [0.5, 0.6) is 0 Å². The van der Waals surface area contributed by atoms with Gasteiger partial charge in [-0.15, -0.1) is 0 Å². The van der Waals surface area contributed by atoms with Crippen molar-refractivity contribution in [3.8, 4) is 0 Å². The standard InChI is InChI=1S/C12H25N3O2/c1-4-10-8-15(5-6-17-10)9(2)7-12(3,14)11(13)16/h9-10H,4-8,14H2,1-3H3,(H2,13,16). The summed E-state index contributed by atoms with van der Waals surface area (Å²) >= 11 is 0. The monoisotopic (exact) mass is 243 g/mol. The number of ether oxygens (including phenoxy) is 1. The Balaban J connectivity index is 2.52. The van der Waals surface area contributed by atoms with Crippen LogP contribution in [0.4, 0.5) is 0 Å². The number of morpholine rings is 1. The van der Waals surface area contributed by atoms with Gasteiger partial charge in [0.1, 0.15) is 0 Å². The van der Waals surface area contributed by atoms with Gasteiger partial charge in [0.05, 0.1) is 18.2 Å². The molecule has 0 aromatic carbocycles. The molecule has 1 heterocycles. The summed E-state index contributed by atoms with van der Waals surface area (Å²) in [5.41, 5.74) is 10.3. The summed E-state index contributed by atoms with van der Waals surface area (Å²) in [7, 11) is 0. The summed E-state index contributed by atoms with van der Waals surface area (Å²) in [5.74, 6) is -0.440. The number of carbonyl (C=O) groups excluding carboxylic acids is 1. The number of primary amides is 1. The lowest BCUT2D eigenvalue weighted by atomic mass is 9.93. The van der Waals surface area contributed by atoms with E-state index in [-0.39, 0.29) is 6.04 Å². The van der Waals surface area contributed by atoms with Crippen LogP contribution in [0.3, 0.4) is 0 Å². The van der Waals surface area contributed by atoms with Crippen LogP contribution in [-0.2, 0) is 9.53 Å². The molecule has 5 nitrogen and oxygen atoms in total. The largest absolute Gasteiger partial charge is 0.376 e. The van der Waals surface area contributed by atoms with E-state index in [4.69, 9.17) is 16.2 Å². The van der Waals surface area contributed by atoms with Gasteiger partial charge in [0.15, 0.2) is 0 Å². The Hall–Kier alpha value is -0.650. The van der Waals surface area contributed by atoms with Crippen LogP contribution in [0, 0.1) is 0 Å². The van der Waals surface area contributed by atoms with Crippen molar-refractivity contribution in [2.45, 2.75) is 51.3 Å². The van der Waals surface area contributed by atoms with Gasteiger partial charge in [-0.05, 0) is 26.7 Å². The molecule has 0 aliphatic carbocycles. The zero-order valence-electron chi connectivity index (χ0n) is 11.1. The molecular weight excluding hydrogens is 218 g/mol. The lowest BCUT2D eigenvalue weighted by Crippen LogP contribution is -2.55. The third-order valence-corrected chi connectivity index (χ3v) is 3.53. The SMILES string of the molecule is CCC1CN(C(C)CC(C)(N)C(N)=O)CCO1. The smallest absolute Gasteiger partial charge is 0.237 e. The number of nitrogens with two attached hydrogens (primary N) is 2. The minimum Gasteiger partial charge on any atom is -0.376 e. The average Bonchev–Trinajstić information content (AvgIpc) is 2.28. The van der Waals surface area contributed by atoms with E-state index in [1.165, 1.54) is 0 Å². The zero-order valence-corrected chi connectivity index (χ0v) is 11.1. The van der Waals surface area contributed by atoms with E-state index in [0.29, 0.717) is 12.5 Å². The van der Waals surface area contributed by atoms with Crippen molar-refractivity contribution < 1.29 is 9.53 Å². The molecule has 1 aliphatic rings. The number of rotatable bonds is 5. The lowest BCUT2D eigenvalue weighted by Gasteiger charge is -2.38. The maximum atomic E-state index is 11.2. The van der Waals surface area contributed by atoms with Crippen molar-refractivity contribution in [3.05, 3.63) is 0 Å². The van der Waals surface area contributed by atoms with Crippen molar-refractivity contribution in [1.82, 2.24) is 4.90 Å². The predicted molar refractivity (Wildman–Crippen MR) is 67.5 cm³/mol. The molecule has 1 aliphatic heterocycles. The van der Waals surface area contributed by atoms with E-state index >= 15 is 0 Å². The number of nitrogens with zero attached hydrogens (tertiary/aromatic N) is 1. The first-order valence-corrected chi connectivity index (χ1v) is 6.31. The predicted octanol–water partition coefficient (Wildman–Crippen LogP) is 0.0785. The highest BCUT2D eigenvalue weighted by atomic mass is 16.5. The molecule has 0 radical (unpaired) electrons. The lowest BCUT2D eigenvalue weighted by molar-refractivity contribution is -0.123. The summed E-state index contributed by atoms with van der Waals surface area (Å²) < 4.78 is 5.62. The fourth-order valence-corrected chi connectivity index (χ4v) is 2.23. The van der Waals surface area contributed by atoms with Gasteiger partial charge in [-0.3, -0.25) is 9.69 Å². The highest BCUT2D eigenvalue weighted by Gasteiger charge is 2.31. The molecule has 5 heteroatoms. The molecule has 0 bridgehead atoms. The molecule has 0 saturated carbocycles. The van der Waals surface area contributed by atoms with Crippen molar-refractivity contribution in [1.29, 1.82) is 0 Å². The fraction of sp³-hybridized carbons (Fsp3) is 0.917. The van der Waals surface area contributed by atoms with Gasteiger partial charge in [0, 0.05) is 19.1 Å². The number of hydrogen-bond acceptors (Lipinski definition) is 4. The second-order valence-electron chi connectivity index (χ2n) is 5.23. The second kappa shape index (κ2) is 5.80. The van der Waals surface area contributed by atoms with Crippen LogP contribution in [-0.4, -0.2) is 48.2 Å². The topological polar surface area (TPSA) is 81.6 Å². The molecule has 1 amide bonds. The normalized spacial score (nSPS) is 27.4. The summed E-state index contributed by atoms with van der Waals surface area (Å²) in [6, 6.07) is 0.246. The van der Waals surface area contributed by atoms with Crippen LogP contribution in [0.15, 0.2) is 0 Å². The zero-order chi connectivity index (χ0) is 13.1. The van der Waals surface area contributed by atoms with Crippen LogP contribution >= 0.6 is 0 Å². The highest BCUT2D eigenvalue weighted by molar-refractivity contribution is 5.83. The van der Waals surface area contributed by atoms with E-state index in [0.717, 1.165) is 26.1 Å². The molecule has 3 atom stereocenters. The molecule has 100 valence electrons. The van der Waals surface area contributed by atoms with E-state index in [9.17, 15) is 4.79 Å². The Kier molecular flexibility index (Phi) is 4.91. The minimum atomic E-state index is -0.931. The molecule has 17 heavy (non-hydrogen) atoms. The number of carbonyl (C=O) groups is 1. The van der Waals surface area contributed by atoms with Gasteiger partial charge in [-0.2, -0.15) is 0 Å². The summed E-state index contributed by atoms with van der Waals surface area (Å²) in [4.78, 5) is 13.5. The summed E-state index contributed by atoms with van der Waals surface area (Å²) in [5, 5.41) is 0. The van der Waals surface area contributed by atoms with Crippen LogP contribution < -0.4 is 11.5 Å². The van der Waals surface area contributed by atoms with E-state index in [1.54, 1.807) is 6.92 Å². The van der Waals surface area contributed by atoms with Gasteiger partial charge in [0.25, 0.3) is 0 Å². The third kappa shape index (κ3) is 3.94. The quantitative estimate of drug-likeness (QED) is 0.716. The third-order valence-electron chi connectivity index (χ3n) is 3.53. The summed E-state index contributed by atoms with van der Waals surface area (Å²) in [6.45, 7) is 8.46. The van der Waals surface area contributed by atoms with E-state index in [2.05, 4.69) is 18.7 Å². The Morgan fingerprint density at radius 2 is 2.29 bits per heavy atom. The number of amides is 1. The first kappa shape index (κ1) is 14.4. The maximum absolute atomic E-state index is 11.2. The Labute approximate surface area is 103 Å². The van der Waals surface area contributed by atoms with Crippen molar-refractivity contribution in [2.24, 2.45) is 11.5 Å². The highest BCUT2D eigenvalue weighted by Crippen LogP contribution is 2.17. The molecule has 0 aromatic rings. The molecule has 4 N–H and O–H groups in total. The van der Waals surface area contributed by atoms with Crippen molar-refractivity contribution >= 4 is 5.91 Å². The van der Waals surface area contributed by atoms with Gasteiger partial charge in [0.2, 0.25) is 5.91 Å². The Morgan fingerprint density at radius 1 is 1.65 bits per heavy atom.